The van der Waals surface area contributed by atoms with E-state index in [2.05, 4.69) is 6.92 Å². The van der Waals surface area contributed by atoms with Crippen LogP contribution in [0.2, 0.25) is 0 Å². The molecule has 0 aromatic heterocycles. The molecule has 1 saturated carbocycles. The van der Waals surface area contributed by atoms with E-state index in [9.17, 15) is 4.79 Å². The summed E-state index contributed by atoms with van der Waals surface area (Å²) in [5, 5.41) is 17.5. The second-order valence-electron chi connectivity index (χ2n) is 7.72. The smallest absolute Gasteiger partial charge is 0.269 e. The van der Waals surface area contributed by atoms with Crippen molar-refractivity contribution in [1.29, 1.82) is 0 Å². The Morgan fingerprint density at radius 3 is 1.46 bits per heavy atom. The SMILES string of the molecule is CCCCCCCCCCCCCCCCC1(C(=O)N(O)O)CC1. The van der Waals surface area contributed by atoms with Gasteiger partial charge in [0.1, 0.15) is 0 Å². The number of unbranched alkanes of at least 4 members (excludes halogenated alkanes) is 13. The highest BCUT2D eigenvalue weighted by Gasteiger charge is 2.51. The van der Waals surface area contributed by atoms with Crippen molar-refractivity contribution in [3.63, 3.8) is 0 Å². The van der Waals surface area contributed by atoms with E-state index in [1.165, 1.54) is 77.0 Å². The summed E-state index contributed by atoms with van der Waals surface area (Å²) in [6.45, 7) is 2.27. The molecule has 0 bridgehead atoms. The van der Waals surface area contributed by atoms with E-state index in [1.807, 2.05) is 0 Å². The van der Waals surface area contributed by atoms with Crippen LogP contribution in [-0.4, -0.2) is 21.5 Å². The minimum absolute atomic E-state index is 0.211. The number of amides is 1. The van der Waals surface area contributed by atoms with E-state index in [0.717, 1.165) is 32.1 Å². The van der Waals surface area contributed by atoms with Gasteiger partial charge >= 0.3 is 0 Å². The zero-order valence-corrected chi connectivity index (χ0v) is 15.8. The Morgan fingerprint density at radius 1 is 0.750 bits per heavy atom. The van der Waals surface area contributed by atoms with E-state index in [-0.39, 0.29) is 5.23 Å². The van der Waals surface area contributed by atoms with Gasteiger partial charge in [0.15, 0.2) is 0 Å². The van der Waals surface area contributed by atoms with Crippen molar-refractivity contribution in [2.45, 2.75) is 116 Å². The lowest BCUT2D eigenvalue weighted by Crippen LogP contribution is -2.31. The molecule has 0 saturated heterocycles. The minimum atomic E-state index is -0.516. The molecule has 4 heteroatoms. The Labute approximate surface area is 148 Å². The fourth-order valence-corrected chi connectivity index (χ4v) is 3.59. The number of carbonyl (C=O) groups excluding carboxylic acids is 1. The summed E-state index contributed by atoms with van der Waals surface area (Å²) >= 11 is 0. The van der Waals surface area contributed by atoms with Gasteiger partial charge in [-0.05, 0) is 19.3 Å². The van der Waals surface area contributed by atoms with Crippen LogP contribution in [0, 0.1) is 5.41 Å². The Hall–Kier alpha value is -0.610. The van der Waals surface area contributed by atoms with Crippen molar-refractivity contribution in [1.82, 2.24) is 5.23 Å². The lowest BCUT2D eigenvalue weighted by Gasteiger charge is -2.15. The van der Waals surface area contributed by atoms with Crippen LogP contribution < -0.4 is 0 Å². The van der Waals surface area contributed by atoms with Gasteiger partial charge in [-0.25, -0.2) is 0 Å². The summed E-state index contributed by atoms with van der Waals surface area (Å²) in [7, 11) is 0. The number of rotatable bonds is 16. The van der Waals surface area contributed by atoms with Gasteiger partial charge in [0.2, 0.25) is 0 Å². The third kappa shape index (κ3) is 9.03. The van der Waals surface area contributed by atoms with Crippen LogP contribution in [0.25, 0.3) is 0 Å². The Bertz CT molecular complexity index is 327. The van der Waals surface area contributed by atoms with Crippen LogP contribution in [0.15, 0.2) is 0 Å². The number of hydroxylamine groups is 2. The van der Waals surface area contributed by atoms with Crippen LogP contribution in [0.1, 0.15) is 116 Å². The predicted octanol–water partition coefficient (Wildman–Crippen LogP) is 6.25. The molecule has 0 heterocycles. The van der Waals surface area contributed by atoms with Gasteiger partial charge in [0.05, 0.1) is 5.41 Å². The fraction of sp³-hybridized carbons (Fsp3) is 0.950. The molecule has 1 amide bonds. The van der Waals surface area contributed by atoms with Gasteiger partial charge in [-0.3, -0.25) is 15.2 Å². The molecule has 142 valence electrons. The van der Waals surface area contributed by atoms with E-state index in [4.69, 9.17) is 10.4 Å². The molecular formula is C20H39NO3. The zero-order chi connectivity index (χ0) is 17.7. The van der Waals surface area contributed by atoms with Gasteiger partial charge in [-0.1, -0.05) is 102 Å². The molecule has 0 radical (unpaired) electrons. The first-order valence-electron chi connectivity index (χ1n) is 10.3. The second-order valence-corrected chi connectivity index (χ2v) is 7.72. The number of carbonyl (C=O) groups is 1. The average molecular weight is 342 g/mol. The Kier molecular flexibility index (Phi) is 11.4. The maximum Gasteiger partial charge on any atom is 0.279 e. The van der Waals surface area contributed by atoms with E-state index in [1.54, 1.807) is 0 Å². The molecule has 0 spiro atoms. The molecule has 4 nitrogen and oxygen atoms in total. The maximum absolute atomic E-state index is 11.6. The maximum atomic E-state index is 11.6. The van der Waals surface area contributed by atoms with Gasteiger partial charge in [0, 0.05) is 0 Å². The topological polar surface area (TPSA) is 60.8 Å². The molecule has 0 aromatic carbocycles. The predicted molar refractivity (Wildman–Crippen MR) is 97.0 cm³/mol. The molecule has 0 atom stereocenters. The van der Waals surface area contributed by atoms with Crippen LogP contribution in [-0.2, 0) is 4.79 Å². The normalized spacial score (nSPS) is 15.5. The van der Waals surface area contributed by atoms with E-state index in [0.29, 0.717) is 0 Å². The monoisotopic (exact) mass is 341 g/mol. The summed E-state index contributed by atoms with van der Waals surface area (Å²) in [6, 6.07) is 0. The molecule has 0 unspecified atom stereocenters. The van der Waals surface area contributed by atoms with Crippen molar-refractivity contribution < 1.29 is 15.2 Å². The molecule has 24 heavy (non-hydrogen) atoms. The van der Waals surface area contributed by atoms with Crippen LogP contribution in [0.5, 0.6) is 0 Å². The molecule has 1 fully saturated rings. The van der Waals surface area contributed by atoms with Crippen LogP contribution in [0.4, 0.5) is 0 Å². The number of nitrogens with zero attached hydrogens (tertiary/aromatic N) is 1. The van der Waals surface area contributed by atoms with Gasteiger partial charge in [0.25, 0.3) is 5.91 Å². The first-order chi connectivity index (χ1) is 11.6. The minimum Gasteiger partial charge on any atom is -0.269 e. The highest BCUT2D eigenvalue weighted by molar-refractivity contribution is 5.83. The van der Waals surface area contributed by atoms with Crippen LogP contribution in [0.3, 0.4) is 0 Å². The summed E-state index contributed by atoms with van der Waals surface area (Å²) < 4.78 is 0. The first kappa shape index (κ1) is 21.4. The van der Waals surface area contributed by atoms with Crippen molar-refractivity contribution in [3.05, 3.63) is 0 Å². The third-order valence-corrected chi connectivity index (χ3v) is 5.50. The fourth-order valence-electron chi connectivity index (χ4n) is 3.59. The highest BCUT2D eigenvalue weighted by Crippen LogP contribution is 2.51. The third-order valence-electron chi connectivity index (χ3n) is 5.50. The largest absolute Gasteiger partial charge is 0.279 e. The summed E-state index contributed by atoms with van der Waals surface area (Å²) in [6.07, 6.45) is 21.0. The quantitative estimate of drug-likeness (QED) is 0.198. The summed E-state index contributed by atoms with van der Waals surface area (Å²) in [4.78, 5) is 11.6. The van der Waals surface area contributed by atoms with Crippen molar-refractivity contribution >= 4 is 5.91 Å². The standard InChI is InChI=1S/C20H39NO3/c1-2-3-4-5-6-7-8-9-10-11-12-13-14-15-16-20(17-18-20)19(22)21(23)24/h23-24H,2-18H2,1H3. The number of hydrogen-bond acceptors (Lipinski definition) is 3. The lowest BCUT2D eigenvalue weighted by molar-refractivity contribution is -0.289. The number of hydrogen-bond donors (Lipinski definition) is 2. The molecule has 0 aliphatic heterocycles. The highest BCUT2D eigenvalue weighted by atomic mass is 16.8. The zero-order valence-electron chi connectivity index (χ0n) is 15.8. The van der Waals surface area contributed by atoms with Gasteiger partial charge < -0.3 is 0 Å². The second kappa shape index (κ2) is 12.7. The Morgan fingerprint density at radius 2 is 1.12 bits per heavy atom. The van der Waals surface area contributed by atoms with E-state index >= 15 is 0 Å². The molecule has 1 rings (SSSR count). The van der Waals surface area contributed by atoms with Gasteiger partial charge in [-0.15, -0.1) is 0 Å². The van der Waals surface area contributed by atoms with Crippen molar-refractivity contribution in [2.75, 3.05) is 0 Å². The molecule has 1 aliphatic carbocycles. The average Bonchev–Trinajstić information content (AvgIpc) is 3.35. The summed E-state index contributed by atoms with van der Waals surface area (Å²) in [5.74, 6) is -0.516. The van der Waals surface area contributed by atoms with Gasteiger partial charge in [-0.2, -0.15) is 0 Å². The molecule has 1 aliphatic rings. The first-order valence-corrected chi connectivity index (χ1v) is 10.3. The molecular weight excluding hydrogens is 302 g/mol. The lowest BCUT2D eigenvalue weighted by atomic mass is 9.96. The van der Waals surface area contributed by atoms with Crippen molar-refractivity contribution in [3.8, 4) is 0 Å². The Balaban J connectivity index is 1.81. The molecule has 2 N–H and O–H groups in total. The summed E-state index contributed by atoms with van der Waals surface area (Å²) in [5.41, 5.74) is -0.444. The van der Waals surface area contributed by atoms with E-state index < -0.39 is 11.3 Å². The van der Waals surface area contributed by atoms with Crippen molar-refractivity contribution in [2.24, 2.45) is 5.41 Å². The molecule has 0 aromatic rings. The van der Waals surface area contributed by atoms with Crippen LogP contribution >= 0.6 is 0 Å².